The standard InChI is InChI=1S/C24H24ClNO2/c1-18(2)16-26(24(27)22-13-6-7-14-23(22)25)17-19-9-8-12-21(15-19)28-20-10-4-3-5-11-20/h3-15,18H,16-17H2,1-2H3. The Morgan fingerprint density at radius 1 is 0.929 bits per heavy atom. The van der Waals surface area contributed by atoms with E-state index >= 15 is 0 Å². The van der Waals surface area contributed by atoms with Crippen LogP contribution < -0.4 is 4.74 Å². The molecule has 1 amide bonds. The Bertz CT molecular complexity index is 925. The van der Waals surface area contributed by atoms with E-state index in [0.29, 0.717) is 29.6 Å². The zero-order valence-electron chi connectivity index (χ0n) is 16.1. The van der Waals surface area contributed by atoms with Gasteiger partial charge in [-0.15, -0.1) is 0 Å². The highest BCUT2D eigenvalue weighted by molar-refractivity contribution is 6.33. The summed E-state index contributed by atoms with van der Waals surface area (Å²) >= 11 is 6.25. The molecule has 0 saturated heterocycles. The topological polar surface area (TPSA) is 29.5 Å². The molecule has 0 aliphatic heterocycles. The molecule has 0 unspecified atom stereocenters. The van der Waals surface area contributed by atoms with Gasteiger partial charge in [0.2, 0.25) is 0 Å². The van der Waals surface area contributed by atoms with Gasteiger partial charge >= 0.3 is 0 Å². The number of nitrogens with zero attached hydrogens (tertiary/aromatic N) is 1. The zero-order valence-corrected chi connectivity index (χ0v) is 16.9. The smallest absolute Gasteiger partial charge is 0.255 e. The van der Waals surface area contributed by atoms with Crippen LogP contribution in [0.4, 0.5) is 0 Å². The maximum atomic E-state index is 13.1. The van der Waals surface area contributed by atoms with Gasteiger partial charge in [-0.3, -0.25) is 4.79 Å². The van der Waals surface area contributed by atoms with Crippen molar-refractivity contribution in [1.29, 1.82) is 0 Å². The van der Waals surface area contributed by atoms with Crippen molar-refractivity contribution in [2.45, 2.75) is 20.4 Å². The van der Waals surface area contributed by atoms with Gasteiger partial charge in [0.15, 0.2) is 0 Å². The van der Waals surface area contributed by atoms with Crippen LogP contribution in [0.1, 0.15) is 29.8 Å². The minimum absolute atomic E-state index is 0.0614. The highest BCUT2D eigenvalue weighted by Gasteiger charge is 2.19. The molecule has 0 bridgehead atoms. The van der Waals surface area contributed by atoms with E-state index in [4.69, 9.17) is 16.3 Å². The molecule has 3 rings (SSSR count). The number of halogens is 1. The Hall–Kier alpha value is -2.78. The van der Waals surface area contributed by atoms with E-state index in [1.807, 2.05) is 71.6 Å². The van der Waals surface area contributed by atoms with Gasteiger partial charge in [-0.1, -0.05) is 67.9 Å². The molecule has 4 heteroatoms. The lowest BCUT2D eigenvalue weighted by atomic mass is 10.1. The lowest BCUT2D eigenvalue weighted by molar-refractivity contribution is 0.0722. The van der Waals surface area contributed by atoms with Gasteiger partial charge in [-0.25, -0.2) is 0 Å². The molecule has 0 heterocycles. The number of para-hydroxylation sites is 1. The van der Waals surface area contributed by atoms with E-state index in [9.17, 15) is 4.79 Å². The molecule has 0 aromatic heterocycles. The Morgan fingerprint density at radius 3 is 2.32 bits per heavy atom. The van der Waals surface area contributed by atoms with Crippen LogP contribution in [0.25, 0.3) is 0 Å². The first-order valence-electron chi connectivity index (χ1n) is 9.38. The number of ether oxygens (including phenoxy) is 1. The summed E-state index contributed by atoms with van der Waals surface area (Å²) in [6.45, 7) is 5.34. The average Bonchev–Trinajstić information content (AvgIpc) is 2.68. The third kappa shape index (κ3) is 5.37. The molecule has 0 atom stereocenters. The van der Waals surface area contributed by atoms with Gasteiger partial charge in [0.25, 0.3) is 5.91 Å². The molecule has 0 aliphatic carbocycles. The summed E-state index contributed by atoms with van der Waals surface area (Å²) in [6.07, 6.45) is 0. The third-order valence-corrected chi connectivity index (χ3v) is 4.56. The summed E-state index contributed by atoms with van der Waals surface area (Å²) in [5, 5.41) is 0.474. The van der Waals surface area contributed by atoms with Crippen molar-refractivity contribution < 1.29 is 9.53 Å². The quantitative estimate of drug-likeness (QED) is 0.462. The largest absolute Gasteiger partial charge is 0.457 e. The van der Waals surface area contributed by atoms with Gasteiger partial charge < -0.3 is 9.64 Å². The Labute approximate surface area is 171 Å². The van der Waals surface area contributed by atoms with Gasteiger partial charge in [0, 0.05) is 13.1 Å². The zero-order chi connectivity index (χ0) is 19.9. The SMILES string of the molecule is CC(C)CN(Cc1cccc(Oc2ccccc2)c1)C(=O)c1ccccc1Cl. The fourth-order valence-electron chi connectivity index (χ4n) is 3.02. The molecule has 0 aliphatic rings. The molecule has 3 nitrogen and oxygen atoms in total. The van der Waals surface area contributed by atoms with Crippen molar-refractivity contribution in [1.82, 2.24) is 4.90 Å². The first-order valence-corrected chi connectivity index (χ1v) is 9.76. The second-order valence-corrected chi connectivity index (χ2v) is 7.53. The van der Waals surface area contributed by atoms with Crippen LogP contribution in [0.2, 0.25) is 5.02 Å². The normalized spacial score (nSPS) is 10.7. The minimum atomic E-state index is -0.0614. The monoisotopic (exact) mass is 393 g/mol. The molecule has 0 fully saturated rings. The predicted molar refractivity (Wildman–Crippen MR) is 114 cm³/mol. The third-order valence-electron chi connectivity index (χ3n) is 4.23. The van der Waals surface area contributed by atoms with Crippen molar-refractivity contribution in [3.63, 3.8) is 0 Å². The van der Waals surface area contributed by atoms with E-state index in [2.05, 4.69) is 13.8 Å². The number of benzene rings is 3. The summed E-state index contributed by atoms with van der Waals surface area (Å²) in [7, 11) is 0. The first kappa shape index (κ1) is 20.0. The molecule has 0 radical (unpaired) electrons. The van der Waals surface area contributed by atoms with Crippen LogP contribution in [-0.2, 0) is 6.54 Å². The van der Waals surface area contributed by atoms with E-state index in [-0.39, 0.29) is 5.91 Å². The lowest BCUT2D eigenvalue weighted by Gasteiger charge is -2.25. The summed E-state index contributed by atoms with van der Waals surface area (Å²) in [6, 6.07) is 24.7. The van der Waals surface area contributed by atoms with Gasteiger partial charge in [-0.05, 0) is 47.9 Å². The number of carbonyl (C=O) groups excluding carboxylic acids is 1. The van der Waals surface area contributed by atoms with Gasteiger partial charge in [0.05, 0.1) is 10.6 Å². The highest BCUT2D eigenvalue weighted by Crippen LogP contribution is 2.24. The first-order chi connectivity index (χ1) is 13.5. The van der Waals surface area contributed by atoms with Crippen LogP contribution in [0.3, 0.4) is 0 Å². The molecule has 3 aromatic rings. The fourth-order valence-corrected chi connectivity index (χ4v) is 3.23. The number of hydrogen-bond acceptors (Lipinski definition) is 2. The maximum absolute atomic E-state index is 13.1. The molecule has 0 N–H and O–H groups in total. The van der Waals surface area contributed by atoms with Crippen molar-refractivity contribution >= 4 is 17.5 Å². The summed E-state index contributed by atoms with van der Waals surface area (Å²) in [5.74, 6) is 1.81. The Balaban J connectivity index is 1.80. The number of carbonyl (C=O) groups is 1. The number of hydrogen-bond donors (Lipinski definition) is 0. The Kier molecular flexibility index (Phi) is 6.72. The lowest BCUT2D eigenvalue weighted by Crippen LogP contribution is -2.34. The van der Waals surface area contributed by atoms with Crippen molar-refractivity contribution in [3.05, 3.63) is 95.0 Å². The summed E-state index contributed by atoms with van der Waals surface area (Å²) in [5.41, 5.74) is 1.54. The molecule has 0 spiro atoms. The van der Waals surface area contributed by atoms with Crippen molar-refractivity contribution in [3.8, 4) is 11.5 Å². The van der Waals surface area contributed by atoms with E-state index in [1.54, 1.807) is 12.1 Å². The predicted octanol–water partition coefficient (Wildman–Crippen LogP) is 6.43. The van der Waals surface area contributed by atoms with Crippen LogP contribution in [0.5, 0.6) is 11.5 Å². The molecule has 28 heavy (non-hydrogen) atoms. The van der Waals surface area contributed by atoms with Crippen LogP contribution >= 0.6 is 11.6 Å². The molecule has 0 saturated carbocycles. The molecule has 3 aromatic carbocycles. The van der Waals surface area contributed by atoms with Crippen molar-refractivity contribution in [2.24, 2.45) is 5.92 Å². The summed E-state index contributed by atoms with van der Waals surface area (Å²) in [4.78, 5) is 14.9. The molecule has 144 valence electrons. The van der Waals surface area contributed by atoms with Gasteiger partial charge in [0.1, 0.15) is 11.5 Å². The second kappa shape index (κ2) is 9.43. The van der Waals surface area contributed by atoms with E-state index in [0.717, 1.165) is 17.1 Å². The number of rotatable bonds is 7. The number of amides is 1. The van der Waals surface area contributed by atoms with Crippen LogP contribution in [-0.4, -0.2) is 17.4 Å². The fraction of sp³-hybridized carbons (Fsp3) is 0.208. The maximum Gasteiger partial charge on any atom is 0.255 e. The Morgan fingerprint density at radius 2 is 1.61 bits per heavy atom. The van der Waals surface area contributed by atoms with Gasteiger partial charge in [-0.2, -0.15) is 0 Å². The minimum Gasteiger partial charge on any atom is -0.457 e. The second-order valence-electron chi connectivity index (χ2n) is 7.12. The molecular formula is C24H24ClNO2. The average molecular weight is 394 g/mol. The molecular weight excluding hydrogens is 370 g/mol. The van der Waals surface area contributed by atoms with E-state index < -0.39 is 0 Å². The van der Waals surface area contributed by atoms with Crippen LogP contribution in [0, 0.1) is 5.92 Å². The van der Waals surface area contributed by atoms with E-state index in [1.165, 1.54) is 0 Å². The highest BCUT2D eigenvalue weighted by atomic mass is 35.5. The summed E-state index contributed by atoms with van der Waals surface area (Å²) < 4.78 is 5.92. The van der Waals surface area contributed by atoms with Crippen molar-refractivity contribution in [2.75, 3.05) is 6.54 Å². The van der Waals surface area contributed by atoms with Crippen LogP contribution in [0.15, 0.2) is 78.9 Å².